The highest BCUT2D eigenvalue weighted by Crippen LogP contribution is 2.17. The van der Waals surface area contributed by atoms with Gasteiger partial charge in [-0.25, -0.2) is 4.98 Å². The van der Waals surface area contributed by atoms with Gasteiger partial charge in [0.05, 0.1) is 23.6 Å². The van der Waals surface area contributed by atoms with Gasteiger partial charge in [-0.3, -0.25) is 9.36 Å². The van der Waals surface area contributed by atoms with E-state index >= 15 is 0 Å². The van der Waals surface area contributed by atoms with E-state index < -0.39 is 0 Å². The minimum absolute atomic E-state index is 0.0188. The third-order valence-corrected chi connectivity index (χ3v) is 3.75. The molecule has 1 atom stereocenters. The van der Waals surface area contributed by atoms with Crippen LogP contribution < -0.4 is 5.56 Å². The molecule has 5 heteroatoms. The first-order valence-electron chi connectivity index (χ1n) is 6.43. The molecular formula is C14H15ClN2O2. The molecule has 0 N–H and O–H groups in total. The van der Waals surface area contributed by atoms with Crippen molar-refractivity contribution in [2.45, 2.75) is 32.4 Å². The Bertz CT molecular complexity index is 675. The molecule has 1 aromatic carbocycles. The first-order valence-corrected chi connectivity index (χ1v) is 6.81. The third-order valence-electron chi connectivity index (χ3n) is 3.52. The number of benzene rings is 1. The van der Waals surface area contributed by atoms with E-state index in [1.165, 1.54) is 0 Å². The van der Waals surface area contributed by atoms with Crippen molar-refractivity contribution in [2.24, 2.45) is 0 Å². The molecule has 0 bridgehead atoms. The third kappa shape index (κ3) is 2.38. The fourth-order valence-electron chi connectivity index (χ4n) is 2.51. The van der Waals surface area contributed by atoms with Crippen molar-refractivity contribution in [3.05, 3.63) is 39.4 Å². The van der Waals surface area contributed by atoms with Gasteiger partial charge in [-0.1, -0.05) is 11.6 Å². The fourth-order valence-corrected chi connectivity index (χ4v) is 2.68. The standard InChI is InChI=1S/C14H15ClN2O2/c1-9-16-13-7-10(15)4-5-12(13)14(18)17(9)8-11-3-2-6-19-11/h4-5,7,11H,2-3,6,8H2,1H3/t11-/m0/s1. The summed E-state index contributed by atoms with van der Waals surface area (Å²) in [6.07, 6.45) is 2.20. The molecule has 2 aromatic rings. The summed E-state index contributed by atoms with van der Waals surface area (Å²) in [5.41, 5.74) is 0.633. The highest BCUT2D eigenvalue weighted by atomic mass is 35.5. The maximum atomic E-state index is 12.5. The predicted octanol–water partition coefficient (Wildman–Crippen LogP) is 2.54. The van der Waals surface area contributed by atoms with Crippen LogP contribution in [0.1, 0.15) is 18.7 Å². The summed E-state index contributed by atoms with van der Waals surface area (Å²) in [5, 5.41) is 1.20. The number of hydrogen-bond donors (Lipinski definition) is 0. The largest absolute Gasteiger partial charge is 0.376 e. The maximum absolute atomic E-state index is 12.5. The highest BCUT2D eigenvalue weighted by Gasteiger charge is 2.18. The summed E-state index contributed by atoms with van der Waals surface area (Å²) in [7, 11) is 0. The molecule has 0 saturated carbocycles. The molecule has 3 rings (SSSR count). The smallest absolute Gasteiger partial charge is 0.261 e. The molecule has 0 aliphatic carbocycles. The average Bonchev–Trinajstić information content (AvgIpc) is 2.87. The molecular weight excluding hydrogens is 264 g/mol. The van der Waals surface area contributed by atoms with Crippen LogP contribution >= 0.6 is 11.6 Å². The van der Waals surface area contributed by atoms with Gasteiger partial charge in [-0.15, -0.1) is 0 Å². The minimum Gasteiger partial charge on any atom is -0.376 e. The minimum atomic E-state index is -0.0188. The summed E-state index contributed by atoms with van der Waals surface area (Å²) < 4.78 is 7.29. The summed E-state index contributed by atoms with van der Waals surface area (Å²) in [4.78, 5) is 16.9. The summed E-state index contributed by atoms with van der Waals surface area (Å²) in [5.74, 6) is 0.704. The first kappa shape index (κ1) is 12.6. The highest BCUT2D eigenvalue weighted by molar-refractivity contribution is 6.31. The van der Waals surface area contributed by atoms with E-state index in [4.69, 9.17) is 16.3 Å². The van der Waals surface area contributed by atoms with Gasteiger partial charge in [0, 0.05) is 11.6 Å². The molecule has 0 unspecified atom stereocenters. The Labute approximate surface area is 116 Å². The van der Waals surface area contributed by atoms with Crippen LogP contribution in [0.25, 0.3) is 10.9 Å². The molecule has 19 heavy (non-hydrogen) atoms. The van der Waals surface area contributed by atoms with Crippen molar-refractivity contribution in [1.82, 2.24) is 9.55 Å². The molecule has 1 aromatic heterocycles. The maximum Gasteiger partial charge on any atom is 0.261 e. The normalized spacial score (nSPS) is 19.2. The van der Waals surface area contributed by atoms with Crippen LogP contribution in [0.15, 0.2) is 23.0 Å². The number of aromatic nitrogens is 2. The van der Waals surface area contributed by atoms with Crippen LogP contribution in [0.4, 0.5) is 0 Å². The Morgan fingerprint density at radius 1 is 1.53 bits per heavy atom. The zero-order valence-electron chi connectivity index (χ0n) is 10.7. The van der Waals surface area contributed by atoms with Crippen molar-refractivity contribution in [3.63, 3.8) is 0 Å². The SMILES string of the molecule is Cc1nc2cc(Cl)ccc2c(=O)n1C[C@@H]1CCCO1. The molecule has 100 valence electrons. The Morgan fingerprint density at radius 2 is 2.37 bits per heavy atom. The van der Waals surface area contributed by atoms with Gasteiger partial charge >= 0.3 is 0 Å². The Kier molecular flexibility index (Phi) is 3.29. The lowest BCUT2D eigenvalue weighted by Crippen LogP contribution is -2.29. The Morgan fingerprint density at radius 3 is 3.11 bits per heavy atom. The summed E-state index contributed by atoms with van der Waals surface area (Å²) in [6.45, 7) is 3.21. The number of nitrogens with zero attached hydrogens (tertiary/aromatic N) is 2. The monoisotopic (exact) mass is 278 g/mol. The second kappa shape index (κ2) is 4.94. The molecule has 1 fully saturated rings. The van der Waals surface area contributed by atoms with Gasteiger partial charge in [-0.05, 0) is 38.0 Å². The van der Waals surface area contributed by atoms with Gasteiger partial charge in [0.2, 0.25) is 0 Å². The van der Waals surface area contributed by atoms with Crippen molar-refractivity contribution in [2.75, 3.05) is 6.61 Å². The van der Waals surface area contributed by atoms with Gasteiger partial charge in [0.25, 0.3) is 5.56 Å². The van der Waals surface area contributed by atoms with Gasteiger partial charge in [0.15, 0.2) is 0 Å². The van der Waals surface area contributed by atoms with E-state index in [0.29, 0.717) is 28.3 Å². The predicted molar refractivity (Wildman–Crippen MR) is 74.7 cm³/mol. The lowest BCUT2D eigenvalue weighted by Gasteiger charge is -2.14. The molecule has 0 spiro atoms. The molecule has 2 heterocycles. The number of aryl methyl sites for hydroxylation is 1. The molecule has 0 radical (unpaired) electrons. The number of rotatable bonds is 2. The first-order chi connectivity index (χ1) is 9.15. The Hall–Kier alpha value is -1.39. The average molecular weight is 279 g/mol. The number of hydrogen-bond acceptors (Lipinski definition) is 3. The summed E-state index contributed by atoms with van der Waals surface area (Å²) >= 11 is 5.93. The second-order valence-corrected chi connectivity index (χ2v) is 5.31. The van der Waals surface area contributed by atoms with E-state index in [0.717, 1.165) is 19.4 Å². The Balaban J connectivity index is 2.09. The van der Waals surface area contributed by atoms with Gasteiger partial charge in [-0.2, -0.15) is 0 Å². The summed E-state index contributed by atoms with van der Waals surface area (Å²) in [6, 6.07) is 5.18. The van der Waals surface area contributed by atoms with E-state index in [1.54, 1.807) is 22.8 Å². The number of halogens is 1. The van der Waals surface area contributed by atoms with Gasteiger partial charge in [0.1, 0.15) is 5.82 Å². The lowest BCUT2D eigenvalue weighted by atomic mass is 10.2. The zero-order valence-corrected chi connectivity index (χ0v) is 11.5. The van der Waals surface area contributed by atoms with E-state index in [-0.39, 0.29) is 11.7 Å². The zero-order chi connectivity index (χ0) is 13.4. The lowest BCUT2D eigenvalue weighted by molar-refractivity contribution is 0.0955. The van der Waals surface area contributed by atoms with Crippen molar-refractivity contribution >= 4 is 22.5 Å². The van der Waals surface area contributed by atoms with Crippen LogP contribution in [0.3, 0.4) is 0 Å². The van der Waals surface area contributed by atoms with Gasteiger partial charge < -0.3 is 4.74 Å². The van der Waals surface area contributed by atoms with Crippen LogP contribution in [-0.4, -0.2) is 22.3 Å². The van der Waals surface area contributed by atoms with Crippen LogP contribution in [-0.2, 0) is 11.3 Å². The number of ether oxygens (including phenoxy) is 1. The molecule has 0 amide bonds. The van der Waals surface area contributed by atoms with E-state index in [2.05, 4.69) is 4.98 Å². The molecule has 1 aliphatic rings. The fraction of sp³-hybridized carbons (Fsp3) is 0.429. The quantitative estimate of drug-likeness (QED) is 0.848. The van der Waals surface area contributed by atoms with Crippen molar-refractivity contribution < 1.29 is 4.74 Å². The number of fused-ring (bicyclic) bond motifs is 1. The van der Waals surface area contributed by atoms with E-state index in [1.807, 2.05) is 6.92 Å². The van der Waals surface area contributed by atoms with Crippen LogP contribution in [0.5, 0.6) is 0 Å². The molecule has 4 nitrogen and oxygen atoms in total. The molecule has 1 aliphatic heterocycles. The topological polar surface area (TPSA) is 44.1 Å². The van der Waals surface area contributed by atoms with Crippen molar-refractivity contribution in [3.8, 4) is 0 Å². The second-order valence-electron chi connectivity index (χ2n) is 4.87. The van der Waals surface area contributed by atoms with Crippen LogP contribution in [0, 0.1) is 6.92 Å². The van der Waals surface area contributed by atoms with Crippen molar-refractivity contribution in [1.29, 1.82) is 0 Å². The molecule has 1 saturated heterocycles. The van der Waals surface area contributed by atoms with Crippen LogP contribution in [0.2, 0.25) is 5.02 Å². The van der Waals surface area contributed by atoms with E-state index in [9.17, 15) is 4.79 Å².